The van der Waals surface area contributed by atoms with E-state index in [1.54, 1.807) is 6.07 Å². The van der Waals surface area contributed by atoms with Crippen molar-refractivity contribution < 1.29 is 17.9 Å². The summed E-state index contributed by atoms with van der Waals surface area (Å²) < 4.78 is 30.1. The molecule has 20 heavy (non-hydrogen) atoms. The minimum atomic E-state index is -3.85. The minimum absolute atomic E-state index is 0.0325. The first kappa shape index (κ1) is 15.9. The molecule has 0 aromatic heterocycles. The van der Waals surface area contributed by atoms with E-state index in [-0.39, 0.29) is 23.4 Å². The van der Waals surface area contributed by atoms with Crippen molar-refractivity contribution in [2.24, 2.45) is 0 Å². The second-order valence-corrected chi connectivity index (χ2v) is 6.03. The third-order valence-electron chi connectivity index (χ3n) is 2.67. The Bertz CT molecular complexity index is 649. The van der Waals surface area contributed by atoms with Crippen LogP contribution in [0.1, 0.15) is 12.0 Å². The number of methoxy groups -OCH3 is 1. The highest BCUT2D eigenvalue weighted by Gasteiger charge is 2.24. The predicted molar refractivity (Wildman–Crippen MR) is 72.0 cm³/mol. The molecule has 0 aliphatic carbocycles. The molecule has 0 heterocycles. The second-order valence-electron chi connectivity index (χ2n) is 4.02. The molecular formula is C12H15N3O4S. The molecule has 0 saturated carbocycles. The highest BCUT2D eigenvalue weighted by molar-refractivity contribution is 7.89. The fourth-order valence-corrected chi connectivity index (χ4v) is 2.79. The summed E-state index contributed by atoms with van der Waals surface area (Å²) in [6.07, 6.45) is -0.0664. The van der Waals surface area contributed by atoms with Crippen LogP contribution in [0.5, 0.6) is 0 Å². The van der Waals surface area contributed by atoms with Crippen LogP contribution in [0.3, 0.4) is 0 Å². The number of nitrogens with two attached hydrogens (primary N) is 1. The van der Waals surface area contributed by atoms with Crippen molar-refractivity contribution in [3.63, 3.8) is 0 Å². The van der Waals surface area contributed by atoms with Gasteiger partial charge in [0, 0.05) is 19.3 Å². The van der Waals surface area contributed by atoms with Gasteiger partial charge >= 0.3 is 5.97 Å². The van der Waals surface area contributed by atoms with Crippen molar-refractivity contribution in [1.82, 2.24) is 4.31 Å². The lowest BCUT2D eigenvalue weighted by Gasteiger charge is -2.17. The normalized spacial score (nSPS) is 11.1. The lowest BCUT2D eigenvalue weighted by molar-refractivity contribution is -0.140. The molecule has 0 aliphatic rings. The van der Waals surface area contributed by atoms with E-state index in [4.69, 9.17) is 11.0 Å². The monoisotopic (exact) mass is 297 g/mol. The standard InChI is InChI=1S/C12H15N3O4S/c1-15(6-5-12(16)19-2)20(17,18)11-4-3-10(14)7-9(11)8-13/h3-4,7H,5-6,14H2,1-2H3. The summed E-state index contributed by atoms with van der Waals surface area (Å²) in [6.45, 7) is -0.0374. The summed E-state index contributed by atoms with van der Waals surface area (Å²) in [5, 5.41) is 8.98. The maximum absolute atomic E-state index is 12.3. The molecule has 1 aromatic carbocycles. The zero-order chi connectivity index (χ0) is 15.3. The van der Waals surface area contributed by atoms with Crippen molar-refractivity contribution in [3.8, 4) is 6.07 Å². The fraction of sp³-hybridized carbons (Fsp3) is 0.333. The molecule has 7 nitrogen and oxygen atoms in total. The van der Waals surface area contributed by atoms with Gasteiger partial charge in [-0.3, -0.25) is 4.79 Å². The topological polar surface area (TPSA) is 113 Å². The van der Waals surface area contributed by atoms with Crippen LogP contribution in [0.15, 0.2) is 23.1 Å². The van der Waals surface area contributed by atoms with Crippen molar-refractivity contribution in [3.05, 3.63) is 23.8 Å². The van der Waals surface area contributed by atoms with Crippen molar-refractivity contribution in [2.45, 2.75) is 11.3 Å². The van der Waals surface area contributed by atoms with E-state index in [1.165, 1.54) is 32.4 Å². The van der Waals surface area contributed by atoms with E-state index in [2.05, 4.69) is 4.74 Å². The van der Waals surface area contributed by atoms with Gasteiger partial charge in [-0.2, -0.15) is 5.26 Å². The fourth-order valence-electron chi connectivity index (χ4n) is 1.50. The number of benzene rings is 1. The molecule has 0 amide bonds. The largest absolute Gasteiger partial charge is 0.469 e. The summed E-state index contributed by atoms with van der Waals surface area (Å²) in [4.78, 5) is 10.9. The number of rotatable bonds is 5. The first-order chi connectivity index (χ1) is 9.32. The number of anilines is 1. The molecule has 8 heteroatoms. The Morgan fingerprint density at radius 3 is 2.70 bits per heavy atom. The zero-order valence-electron chi connectivity index (χ0n) is 11.2. The van der Waals surface area contributed by atoms with Gasteiger partial charge in [-0.05, 0) is 18.2 Å². The Morgan fingerprint density at radius 1 is 1.50 bits per heavy atom. The molecule has 0 unspecified atom stereocenters. The van der Waals surface area contributed by atoms with Crippen LogP contribution in [0, 0.1) is 11.3 Å². The van der Waals surface area contributed by atoms with Crippen molar-refractivity contribution in [1.29, 1.82) is 5.26 Å². The average Bonchev–Trinajstić information content (AvgIpc) is 2.43. The third-order valence-corrected chi connectivity index (χ3v) is 4.59. The molecular weight excluding hydrogens is 282 g/mol. The molecule has 0 spiro atoms. The van der Waals surface area contributed by atoms with E-state index < -0.39 is 16.0 Å². The molecule has 108 valence electrons. The van der Waals surface area contributed by atoms with Crippen LogP contribution in [0.4, 0.5) is 5.69 Å². The van der Waals surface area contributed by atoms with Gasteiger partial charge in [0.25, 0.3) is 0 Å². The Hall–Kier alpha value is -2.11. The maximum Gasteiger partial charge on any atom is 0.306 e. The van der Waals surface area contributed by atoms with Gasteiger partial charge in [0.15, 0.2) is 0 Å². The van der Waals surface area contributed by atoms with Crippen molar-refractivity contribution in [2.75, 3.05) is 26.4 Å². The number of nitriles is 1. The first-order valence-corrected chi connectivity index (χ1v) is 7.09. The Morgan fingerprint density at radius 2 is 2.15 bits per heavy atom. The number of esters is 1. The summed E-state index contributed by atoms with van der Waals surface area (Å²) >= 11 is 0. The van der Waals surface area contributed by atoms with E-state index in [0.717, 1.165) is 4.31 Å². The number of ether oxygens (including phenoxy) is 1. The number of carbonyl (C=O) groups is 1. The number of nitrogen functional groups attached to an aromatic ring is 1. The highest BCUT2D eigenvalue weighted by atomic mass is 32.2. The molecule has 1 rings (SSSR count). The van der Waals surface area contributed by atoms with Crippen LogP contribution in [-0.4, -0.2) is 39.4 Å². The van der Waals surface area contributed by atoms with Gasteiger partial charge in [-0.15, -0.1) is 0 Å². The molecule has 1 aromatic rings. The first-order valence-electron chi connectivity index (χ1n) is 5.65. The quantitative estimate of drug-likeness (QED) is 0.618. The number of carbonyl (C=O) groups excluding carboxylic acids is 1. The smallest absolute Gasteiger partial charge is 0.306 e. The average molecular weight is 297 g/mol. The predicted octanol–water partition coefficient (Wildman–Crippen LogP) is 0.324. The van der Waals surface area contributed by atoms with E-state index in [9.17, 15) is 13.2 Å². The van der Waals surface area contributed by atoms with Gasteiger partial charge in [0.2, 0.25) is 10.0 Å². The molecule has 0 atom stereocenters. The van der Waals surface area contributed by atoms with Crippen LogP contribution >= 0.6 is 0 Å². The molecule has 0 aliphatic heterocycles. The van der Waals surface area contributed by atoms with Crippen LogP contribution in [0.2, 0.25) is 0 Å². The summed E-state index contributed by atoms with van der Waals surface area (Å²) in [6, 6.07) is 5.77. The number of sulfonamides is 1. The molecule has 0 fully saturated rings. The SMILES string of the molecule is COC(=O)CCN(C)S(=O)(=O)c1ccc(N)cc1C#N. The molecule has 0 bridgehead atoms. The summed E-state index contributed by atoms with van der Waals surface area (Å²) in [7, 11) is -1.30. The lowest BCUT2D eigenvalue weighted by atomic mass is 10.2. The second kappa shape index (κ2) is 6.36. The minimum Gasteiger partial charge on any atom is -0.469 e. The number of hydrogen-bond acceptors (Lipinski definition) is 6. The Labute approximate surface area is 117 Å². The van der Waals surface area contributed by atoms with Gasteiger partial charge < -0.3 is 10.5 Å². The van der Waals surface area contributed by atoms with Crippen molar-refractivity contribution >= 4 is 21.7 Å². The van der Waals surface area contributed by atoms with E-state index >= 15 is 0 Å². The maximum atomic E-state index is 12.3. The van der Waals surface area contributed by atoms with Gasteiger partial charge in [0.1, 0.15) is 11.0 Å². The van der Waals surface area contributed by atoms with E-state index in [1.807, 2.05) is 0 Å². The van der Waals surface area contributed by atoms with Crippen LogP contribution in [0.25, 0.3) is 0 Å². The van der Waals surface area contributed by atoms with Crippen LogP contribution < -0.4 is 5.73 Å². The summed E-state index contributed by atoms with van der Waals surface area (Å²) in [5.41, 5.74) is 5.79. The molecule has 0 radical (unpaired) electrons. The Balaban J connectivity index is 3.05. The third kappa shape index (κ3) is 3.46. The molecule has 2 N–H and O–H groups in total. The highest BCUT2D eigenvalue weighted by Crippen LogP contribution is 2.21. The van der Waals surface area contributed by atoms with Gasteiger partial charge in [-0.1, -0.05) is 0 Å². The van der Waals surface area contributed by atoms with Crippen LogP contribution in [-0.2, 0) is 19.6 Å². The van der Waals surface area contributed by atoms with E-state index in [0.29, 0.717) is 5.69 Å². The number of nitrogens with zero attached hydrogens (tertiary/aromatic N) is 2. The Kier molecular flexibility index (Phi) is 5.07. The lowest BCUT2D eigenvalue weighted by Crippen LogP contribution is -2.30. The van der Waals surface area contributed by atoms with Gasteiger partial charge in [0.05, 0.1) is 19.1 Å². The number of hydrogen-bond donors (Lipinski definition) is 1. The summed E-state index contributed by atoms with van der Waals surface area (Å²) in [5.74, 6) is -0.509. The van der Waals surface area contributed by atoms with Gasteiger partial charge in [-0.25, -0.2) is 12.7 Å². The molecule has 0 saturated heterocycles. The zero-order valence-corrected chi connectivity index (χ0v) is 12.0.